The summed E-state index contributed by atoms with van der Waals surface area (Å²) in [5.74, 6) is 1.43. The fraction of sp³-hybridized carbons (Fsp3) is 0.625. The number of hydrogen-bond acceptors (Lipinski definition) is 4. The molecule has 0 aromatic heterocycles. The molecule has 2 N–H and O–H groups in total. The monoisotopic (exact) mass is 313 g/mol. The lowest BCUT2D eigenvalue weighted by Crippen LogP contribution is -2.54. The number of aliphatic hydroxyl groups is 1. The lowest BCUT2D eigenvalue weighted by Gasteiger charge is -2.46. The third kappa shape index (κ3) is 2.72. The predicted molar refractivity (Wildman–Crippen MR) is 84.7 cm³/mol. The van der Waals surface area contributed by atoms with Crippen molar-refractivity contribution < 1.29 is 14.6 Å². The first-order valence-corrected chi connectivity index (χ1v) is 7.38. The fourth-order valence-corrected chi connectivity index (χ4v) is 3.64. The first-order chi connectivity index (χ1) is 9.70. The molecular weight excluding hydrogens is 290 g/mol. The predicted octanol–water partition coefficient (Wildman–Crippen LogP) is 2.62. The zero-order valence-electron chi connectivity index (χ0n) is 12.6. The number of rotatable bonds is 2. The second kappa shape index (κ2) is 6.42. The van der Waals surface area contributed by atoms with Crippen LogP contribution in [0.5, 0.6) is 11.5 Å². The highest BCUT2D eigenvalue weighted by Crippen LogP contribution is 2.45. The maximum Gasteiger partial charge on any atom is 0.161 e. The van der Waals surface area contributed by atoms with Gasteiger partial charge in [-0.3, -0.25) is 0 Å². The number of methoxy groups -OCH3 is 2. The molecule has 0 amide bonds. The molecule has 0 saturated carbocycles. The average Bonchev–Trinajstić information content (AvgIpc) is 2.51. The van der Waals surface area contributed by atoms with E-state index in [2.05, 4.69) is 5.32 Å². The number of aryl methyl sites for hydroxylation is 1. The van der Waals surface area contributed by atoms with Crippen LogP contribution >= 0.6 is 12.4 Å². The Kier molecular flexibility index (Phi) is 5.02. The molecule has 1 fully saturated rings. The van der Waals surface area contributed by atoms with Crippen molar-refractivity contribution in [1.82, 2.24) is 5.32 Å². The van der Waals surface area contributed by atoms with Crippen LogP contribution in [0.15, 0.2) is 12.1 Å². The van der Waals surface area contributed by atoms with Crippen LogP contribution < -0.4 is 14.8 Å². The molecule has 1 aliphatic carbocycles. The Bertz CT molecular complexity index is 501. The van der Waals surface area contributed by atoms with E-state index in [0.717, 1.165) is 37.1 Å². The molecular formula is C16H24ClNO3. The van der Waals surface area contributed by atoms with Crippen molar-refractivity contribution in [3.63, 3.8) is 0 Å². The second-order valence-electron chi connectivity index (χ2n) is 5.85. The fourth-order valence-electron chi connectivity index (χ4n) is 3.64. The molecule has 4 nitrogen and oxygen atoms in total. The van der Waals surface area contributed by atoms with E-state index in [4.69, 9.17) is 9.47 Å². The summed E-state index contributed by atoms with van der Waals surface area (Å²) in [7, 11) is 3.28. The van der Waals surface area contributed by atoms with E-state index in [1.165, 1.54) is 18.4 Å². The van der Waals surface area contributed by atoms with E-state index >= 15 is 0 Å². The van der Waals surface area contributed by atoms with E-state index in [0.29, 0.717) is 5.75 Å². The lowest BCUT2D eigenvalue weighted by atomic mass is 9.71. The Morgan fingerprint density at radius 2 is 1.86 bits per heavy atom. The van der Waals surface area contributed by atoms with E-state index in [-0.39, 0.29) is 17.9 Å². The summed E-state index contributed by atoms with van der Waals surface area (Å²) in [6.07, 6.45) is 4.92. The van der Waals surface area contributed by atoms with Crippen LogP contribution in [0.1, 0.15) is 42.9 Å². The van der Waals surface area contributed by atoms with E-state index in [1.807, 2.05) is 12.1 Å². The van der Waals surface area contributed by atoms with Crippen molar-refractivity contribution in [3.05, 3.63) is 23.3 Å². The summed E-state index contributed by atoms with van der Waals surface area (Å²) in [6.45, 7) is 1.000. The Labute approximate surface area is 132 Å². The normalized spacial score (nSPS) is 27.7. The molecule has 1 aromatic rings. The molecule has 0 radical (unpaired) electrons. The Morgan fingerprint density at radius 1 is 1.14 bits per heavy atom. The van der Waals surface area contributed by atoms with Crippen molar-refractivity contribution in [2.45, 2.75) is 43.7 Å². The molecule has 0 bridgehead atoms. The number of halogens is 1. The highest BCUT2D eigenvalue weighted by Gasteiger charge is 2.43. The number of aliphatic hydroxyl groups excluding tert-OH is 1. The van der Waals surface area contributed by atoms with Crippen molar-refractivity contribution in [2.24, 2.45) is 0 Å². The van der Waals surface area contributed by atoms with Crippen LogP contribution in [0.2, 0.25) is 0 Å². The van der Waals surface area contributed by atoms with Crippen molar-refractivity contribution in [2.75, 3.05) is 20.8 Å². The third-order valence-corrected chi connectivity index (χ3v) is 4.83. The zero-order chi connectivity index (χ0) is 14.2. The largest absolute Gasteiger partial charge is 0.493 e. The minimum absolute atomic E-state index is 0. The first-order valence-electron chi connectivity index (χ1n) is 7.38. The number of ether oxygens (including phenoxy) is 2. The van der Waals surface area contributed by atoms with Gasteiger partial charge < -0.3 is 19.9 Å². The molecule has 2 unspecified atom stereocenters. The highest BCUT2D eigenvalue weighted by atomic mass is 35.5. The van der Waals surface area contributed by atoms with Crippen molar-refractivity contribution in [1.29, 1.82) is 0 Å². The lowest BCUT2D eigenvalue weighted by molar-refractivity contribution is 0.0252. The molecule has 21 heavy (non-hydrogen) atoms. The van der Waals surface area contributed by atoms with Gasteiger partial charge in [-0.15, -0.1) is 12.4 Å². The zero-order valence-corrected chi connectivity index (χ0v) is 13.5. The summed E-state index contributed by atoms with van der Waals surface area (Å²) in [4.78, 5) is 0. The standard InChI is InChI=1S/C16H23NO3.ClH/c1-19-13-9-11-5-7-16(6-3-4-8-17-16)15(18)12(11)10-14(13)20-2;/h9-10,15,17-18H,3-8H2,1-2H3;1H. The van der Waals surface area contributed by atoms with Gasteiger partial charge in [0.05, 0.1) is 20.3 Å². The first kappa shape index (κ1) is 16.4. The highest BCUT2D eigenvalue weighted by molar-refractivity contribution is 5.85. The summed E-state index contributed by atoms with van der Waals surface area (Å²) in [5, 5.41) is 14.4. The maximum atomic E-state index is 10.9. The summed E-state index contributed by atoms with van der Waals surface area (Å²) in [6, 6.07) is 3.95. The van der Waals surface area contributed by atoms with Gasteiger partial charge in [0.2, 0.25) is 0 Å². The molecule has 1 aromatic carbocycles. The smallest absolute Gasteiger partial charge is 0.161 e. The maximum absolute atomic E-state index is 10.9. The SMILES string of the molecule is COc1cc2c(cc1OC)C(O)C1(CCCCN1)CC2.Cl. The number of piperidine rings is 1. The minimum atomic E-state index is -0.466. The summed E-state index contributed by atoms with van der Waals surface area (Å²) in [5.41, 5.74) is 2.02. The molecule has 2 aliphatic rings. The van der Waals surface area contributed by atoms with Gasteiger partial charge in [0.25, 0.3) is 0 Å². The summed E-state index contributed by atoms with van der Waals surface area (Å²) < 4.78 is 10.7. The molecule has 1 heterocycles. The van der Waals surface area contributed by atoms with E-state index < -0.39 is 6.10 Å². The van der Waals surface area contributed by atoms with Gasteiger partial charge in [-0.2, -0.15) is 0 Å². The molecule has 1 spiro atoms. The van der Waals surface area contributed by atoms with Crippen molar-refractivity contribution in [3.8, 4) is 11.5 Å². The third-order valence-electron chi connectivity index (χ3n) is 4.83. The van der Waals surface area contributed by atoms with Crippen molar-refractivity contribution >= 4 is 12.4 Å². The Balaban J connectivity index is 0.00000161. The van der Waals surface area contributed by atoms with Gasteiger partial charge in [-0.05, 0) is 55.5 Å². The van der Waals surface area contributed by atoms with Crippen LogP contribution in [0, 0.1) is 0 Å². The minimum Gasteiger partial charge on any atom is -0.493 e. The van der Waals surface area contributed by atoms with Crippen LogP contribution in [-0.2, 0) is 6.42 Å². The van der Waals surface area contributed by atoms with Gasteiger partial charge >= 0.3 is 0 Å². The molecule has 3 rings (SSSR count). The van der Waals surface area contributed by atoms with E-state index in [1.54, 1.807) is 14.2 Å². The molecule has 5 heteroatoms. The number of hydrogen-bond donors (Lipinski definition) is 2. The quantitative estimate of drug-likeness (QED) is 0.881. The molecule has 1 aliphatic heterocycles. The number of fused-ring (bicyclic) bond motifs is 1. The average molecular weight is 314 g/mol. The number of nitrogens with one attached hydrogen (secondary N) is 1. The van der Waals surface area contributed by atoms with Crippen LogP contribution in [0.4, 0.5) is 0 Å². The van der Waals surface area contributed by atoms with Gasteiger partial charge in [0.1, 0.15) is 0 Å². The Morgan fingerprint density at radius 3 is 2.48 bits per heavy atom. The molecule has 118 valence electrons. The Hall–Kier alpha value is -0.970. The van der Waals surface area contributed by atoms with E-state index in [9.17, 15) is 5.11 Å². The second-order valence-corrected chi connectivity index (χ2v) is 5.85. The topological polar surface area (TPSA) is 50.7 Å². The van der Waals surface area contributed by atoms with Crippen LogP contribution in [0.3, 0.4) is 0 Å². The number of benzene rings is 1. The summed E-state index contributed by atoms with van der Waals surface area (Å²) >= 11 is 0. The molecule has 2 atom stereocenters. The van der Waals surface area contributed by atoms with Gasteiger partial charge in [0, 0.05) is 5.54 Å². The molecule has 1 saturated heterocycles. The van der Waals surface area contributed by atoms with Crippen LogP contribution in [-0.4, -0.2) is 31.4 Å². The van der Waals surface area contributed by atoms with Crippen LogP contribution in [0.25, 0.3) is 0 Å². The van der Waals surface area contributed by atoms with Gasteiger partial charge in [-0.1, -0.05) is 6.42 Å². The van der Waals surface area contributed by atoms with Gasteiger partial charge in [0.15, 0.2) is 11.5 Å². The van der Waals surface area contributed by atoms with Gasteiger partial charge in [-0.25, -0.2) is 0 Å².